The summed E-state index contributed by atoms with van der Waals surface area (Å²) >= 11 is 0. The summed E-state index contributed by atoms with van der Waals surface area (Å²) in [7, 11) is 0. The molecule has 2 aliphatic rings. The number of nitrogens with one attached hydrogen (secondary N) is 1. The van der Waals surface area contributed by atoms with E-state index in [1.807, 2.05) is 0 Å². The van der Waals surface area contributed by atoms with E-state index in [0.717, 1.165) is 0 Å². The lowest BCUT2D eigenvalue weighted by Crippen LogP contribution is -2.62. The van der Waals surface area contributed by atoms with E-state index in [-0.39, 0.29) is 12.5 Å². The second-order valence-corrected chi connectivity index (χ2v) is 4.75. The fourth-order valence-corrected chi connectivity index (χ4v) is 2.42. The van der Waals surface area contributed by atoms with Crippen LogP contribution in [-0.4, -0.2) is 55.1 Å². The quantitative estimate of drug-likeness (QED) is 0.672. The fourth-order valence-electron chi connectivity index (χ4n) is 2.42. The van der Waals surface area contributed by atoms with Gasteiger partial charge in [-0.3, -0.25) is 14.4 Å². The van der Waals surface area contributed by atoms with E-state index in [4.69, 9.17) is 18.9 Å². The Bertz CT molecular complexity index is 394. The molecule has 5 atom stereocenters. The second kappa shape index (κ2) is 5.76. The predicted octanol–water partition coefficient (Wildman–Crippen LogP) is -0.890. The van der Waals surface area contributed by atoms with Crippen molar-refractivity contribution in [3.8, 4) is 0 Å². The van der Waals surface area contributed by atoms with Crippen LogP contribution in [0.2, 0.25) is 0 Å². The third-order valence-corrected chi connectivity index (χ3v) is 3.05. The van der Waals surface area contributed by atoms with Crippen molar-refractivity contribution in [3.63, 3.8) is 0 Å². The molecule has 5 unspecified atom stereocenters. The fraction of sp³-hybridized carbons (Fsp3) is 0.750. The van der Waals surface area contributed by atoms with Crippen molar-refractivity contribution in [2.45, 2.75) is 51.4 Å². The Kier molecular flexibility index (Phi) is 4.24. The van der Waals surface area contributed by atoms with Gasteiger partial charge in [0.2, 0.25) is 5.91 Å². The average Bonchev–Trinajstić information content (AvgIpc) is 2.74. The zero-order valence-corrected chi connectivity index (χ0v) is 11.5. The molecule has 112 valence electrons. The third kappa shape index (κ3) is 3.07. The first kappa shape index (κ1) is 14.7. The number of fused-ring (bicyclic) bond motifs is 2. The molecule has 0 spiro atoms. The van der Waals surface area contributed by atoms with Crippen LogP contribution in [-0.2, 0) is 33.3 Å². The maximum absolute atomic E-state index is 11.3. The lowest BCUT2D eigenvalue weighted by molar-refractivity contribution is -0.214. The highest BCUT2D eigenvalue weighted by molar-refractivity contribution is 5.73. The highest BCUT2D eigenvalue weighted by Crippen LogP contribution is 2.32. The van der Waals surface area contributed by atoms with Crippen LogP contribution in [0.15, 0.2) is 0 Å². The molecule has 1 amide bonds. The summed E-state index contributed by atoms with van der Waals surface area (Å²) in [5, 5.41) is 2.61. The molecule has 2 heterocycles. The van der Waals surface area contributed by atoms with Crippen LogP contribution >= 0.6 is 0 Å². The molecule has 0 aromatic carbocycles. The Morgan fingerprint density at radius 3 is 2.20 bits per heavy atom. The number of ether oxygens (including phenoxy) is 4. The number of esters is 2. The Morgan fingerprint density at radius 1 is 1.05 bits per heavy atom. The first-order valence-electron chi connectivity index (χ1n) is 6.27. The number of rotatable bonds is 3. The number of hydrogen-bond acceptors (Lipinski definition) is 7. The predicted molar refractivity (Wildman–Crippen MR) is 63.3 cm³/mol. The van der Waals surface area contributed by atoms with Gasteiger partial charge in [-0.15, -0.1) is 0 Å². The monoisotopic (exact) mass is 287 g/mol. The van der Waals surface area contributed by atoms with Gasteiger partial charge in [0.1, 0.15) is 12.1 Å². The van der Waals surface area contributed by atoms with E-state index in [1.165, 1.54) is 20.8 Å². The van der Waals surface area contributed by atoms with E-state index in [1.54, 1.807) is 0 Å². The van der Waals surface area contributed by atoms with Crippen molar-refractivity contribution in [3.05, 3.63) is 0 Å². The van der Waals surface area contributed by atoms with Crippen LogP contribution in [0.3, 0.4) is 0 Å². The topological polar surface area (TPSA) is 100 Å². The van der Waals surface area contributed by atoms with Crippen LogP contribution in [0.1, 0.15) is 20.8 Å². The number of carbonyl (C=O) groups is 3. The van der Waals surface area contributed by atoms with Gasteiger partial charge in [-0.05, 0) is 0 Å². The molecule has 2 bridgehead atoms. The Hall–Kier alpha value is -1.67. The molecule has 0 aromatic heterocycles. The largest absolute Gasteiger partial charge is 0.456 e. The molecule has 1 N–H and O–H groups in total. The molecule has 8 nitrogen and oxygen atoms in total. The molecular formula is C12H17NO7. The third-order valence-electron chi connectivity index (χ3n) is 3.05. The van der Waals surface area contributed by atoms with Crippen molar-refractivity contribution >= 4 is 17.8 Å². The van der Waals surface area contributed by atoms with Crippen LogP contribution in [0.25, 0.3) is 0 Å². The summed E-state index contributed by atoms with van der Waals surface area (Å²) in [4.78, 5) is 33.7. The summed E-state index contributed by atoms with van der Waals surface area (Å²) < 4.78 is 21.3. The minimum absolute atomic E-state index is 0.205. The molecule has 2 saturated heterocycles. The maximum Gasteiger partial charge on any atom is 0.303 e. The SMILES string of the molecule is CC(=O)NC1C2OCC(O2)C(OC(C)=O)C1OC(C)=O. The van der Waals surface area contributed by atoms with Crippen molar-refractivity contribution in [1.82, 2.24) is 5.32 Å². The summed E-state index contributed by atoms with van der Waals surface area (Å²) in [5.41, 5.74) is 0. The van der Waals surface area contributed by atoms with E-state index < -0.39 is 42.6 Å². The highest BCUT2D eigenvalue weighted by atomic mass is 16.7. The number of amides is 1. The Balaban J connectivity index is 2.24. The smallest absolute Gasteiger partial charge is 0.303 e. The molecule has 0 aliphatic carbocycles. The molecule has 2 rings (SSSR count). The summed E-state index contributed by atoms with van der Waals surface area (Å²) in [6.45, 7) is 4.02. The standard InChI is InChI=1S/C12H17NO7/c1-5(14)13-9-11(19-7(3)16)10(18-6(2)15)8-4-17-12(9)20-8/h8-12H,4H2,1-3H3,(H,13,14). The van der Waals surface area contributed by atoms with Crippen molar-refractivity contribution in [2.24, 2.45) is 0 Å². The van der Waals surface area contributed by atoms with E-state index in [2.05, 4.69) is 5.32 Å². The van der Waals surface area contributed by atoms with Crippen LogP contribution < -0.4 is 5.32 Å². The van der Waals surface area contributed by atoms with E-state index >= 15 is 0 Å². The van der Waals surface area contributed by atoms with Crippen LogP contribution in [0, 0.1) is 0 Å². The van der Waals surface area contributed by atoms with Gasteiger partial charge in [-0.2, -0.15) is 0 Å². The zero-order valence-electron chi connectivity index (χ0n) is 11.5. The van der Waals surface area contributed by atoms with Crippen molar-refractivity contribution in [1.29, 1.82) is 0 Å². The molecule has 2 aliphatic heterocycles. The minimum Gasteiger partial charge on any atom is -0.456 e. The Morgan fingerprint density at radius 2 is 1.65 bits per heavy atom. The van der Waals surface area contributed by atoms with Gasteiger partial charge < -0.3 is 24.3 Å². The molecule has 0 aromatic rings. The minimum atomic E-state index is -0.841. The van der Waals surface area contributed by atoms with Crippen LogP contribution in [0.5, 0.6) is 0 Å². The average molecular weight is 287 g/mol. The summed E-state index contributed by atoms with van der Waals surface area (Å²) in [6, 6.07) is -0.723. The molecule has 8 heteroatoms. The van der Waals surface area contributed by atoms with Gasteiger partial charge in [-0.1, -0.05) is 0 Å². The van der Waals surface area contributed by atoms with Gasteiger partial charge in [-0.25, -0.2) is 0 Å². The lowest BCUT2D eigenvalue weighted by atomic mass is 9.98. The van der Waals surface area contributed by atoms with Gasteiger partial charge in [0.05, 0.1) is 6.61 Å². The molecule has 20 heavy (non-hydrogen) atoms. The first-order valence-corrected chi connectivity index (χ1v) is 6.27. The van der Waals surface area contributed by atoms with Gasteiger partial charge in [0.15, 0.2) is 18.5 Å². The zero-order chi connectivity index (χ0) is 14.9. The van der Waals surface area contributed by atoms with Crippen molar-refractivity contribution < 1.29 is 33.3 Å². The second-order valence-electron chi connectivity index (χ2n) is 4.75. The van der Waals surface area contributed by atoms with Crippen molar-refractivity contribution in [2.75, 3.05) is 6.61 Å². The Labute approximate surface area is 115 Å². The summed E-state index contributed by atoms with van der Waals surface area (Å²) in [6.07, 6.45) is -2.89. The lowest BCUT2D eigenvalue weighted by Gasteiger charge is -2.39. The maximum atomic E-state index is 11.3. The molecule has 0 saturated carbocycles. The van der Waals surface area contributed by atoms with E-state index in [9.17, 15) is 14.4 Å². The first-order chi connectivity index (χ1) is 9.38. The van der Waals surface area contributed by atoms with Crippen LogP contribution in [0.4, 0.5) is 0 Å². The molecule has 2 fully saturated rings. The highest BCUT2D eigenvalue weighted by Gasteiger charge is 2.54. The van der Waals surface area contributed by atoms with Gasteiger partial charge in [0.25, 0.3) is 0 Å². The number of hydrogen-bond donors (Lipinski definition) is 1. The molecular weight excluding hydrogens is 270 g/mol. The van der Waals surface area contributed by atoms with Gasteiger partial charge in [0, 0.05) is 20.8 Å². The summed E-state index contributed by atoms with van der Waals surface area (Å²) in [5.74, 6) is -1.39. The van der Waals surface area contributed by atoms with E-state index in [0.29, 0.717) is 0 Å². The number of carbonyl (C=O) groups excluding carboxylic acids is 3. The molecule has 0 radical (unpaired) electrons. The van der Waals surface area contributed by atoms with Gasteiger partial charge >= 0.3 is 11.9 Å². The normalized spacial score (nSPS) is 35.2.